The zero-order valence-corrected chi connectivity index (χ0v) is 21.3. The largest absolute Gasteiger partial charge is 0.417 e. The lowest BCUT2D eigenvalue weighted by molar-refractivity contribution is -0.137. The highest BCUT2D eigenvalue weighted by Gasteiger charge is 2.35. The van der Waals surface area contributed by atoms with Crippen molar-refractivity contribution in [2.45, 2.75) is 32.5 Å². The molecular formula is C24H23ClF3N7OS. The van der Waals surface area contributed by atoms with Gasteiger partial charge in [0.1, 0.15) is 0 Å². The van der Waals surface area contributed by atoms with E-state index in [-0.39, 0.29) is 22.8 Å². The molecule has 0 aliphatic carbocycles. The Morgan fingerprint density at radius 1 is 1.22 bits per heavy atom. The summed E-state index contributed by atoms with van der Waals surface area (Å²) >= 11 is 7.63. The van der Waals surface area contributed by atoms with Crippen LogP contribution in [0.1, 0.15) is 44.9 Å². The molecule has 0 unspecified atom stereocenters. The molecule has 3 aromatic rings. The molecular weight excluding hydrogens is 527 g/mol. The van der Waals surface area contributed by atoms with Gasteiger partial charge in [0, 0.05) is 30.8 Å². The molecule has 2 aliphatic rings. The third-order valence-electron chi connectivity index (χ3n) is 6.15. The van der Waals surface area contributed by atoms with E-state index in [0.717, 1.165) is 42.6 Å². The molecule has 3 N–H and O–H groups in total. The van der Waals surface area contributed by atoms with Gasteiger partial charge in [0.25, 0.3) is 5.91 Å². The van der Waals surface area contributed by atoms with Gasteiger partial charge in [-0.05, 0) is 56.6 Å². The number of rotatable bonds is 6. The van der Waals surface area contributed by atoms with Crippen LogP contribution in [-0.2, 0) is 12.7 Å². The van der Waals surface area contributed by atoms with E-state index in [1.165, 1.54) is 23.6 Å². The molecule has 4 heterocycles. The van der Waals surface area contributed by atoms with Crippen LogP contribution in [0.3, 0.4) is 0 Å². The van der Waals surface area contributed by atoms with E-state index in [0.29, 0.717) is 16.9 Å². The molecule has 0 spiro atoms. The van der Waals surface area contributed by atoms with Crippen molar-refractivity contribution in [3.05, 3.63) is 74.6 Å². The van der Waals surface area contributed by atoms with Crippen LogP contribution in [0.25, 0.3) is 5.70 Å². The minimum atomic E-state index is -4.66. The number of aryl methyl sites for hydroxylation is 1. The van der Waals surface area contributed by atoms with Crippen molar-refractivity contribution in [2.24, 2.45) is 0 Å². The summed E-state index contributed by atoms with van der Waals surface area (Å²) in [6, 6.07) is 3.99. The first-order valence-corrected chi connectivity index (χ1v) is 12.8. The van der Waals surface area contributed by atoms with Crippen LogP contribution in [0, 0.1) is 6.92 Å². The maximum absolute atomic E-state index is 13.7. The number of hydrogen-bond donors (Lipinski definition) is 3. The zero-order valence-electron chi connectivity index (χ0n) is 19.7. The molecule has 37 heavy (non-hydrogen) atoms. The Hall–Kier alpha value is -3.19. The van der Waals surface area contributed by atoms with E-state index < -0.39 is 17.6 Å². The maximum Gasteiger partial charge on any atom is 0.417 e. The molecule has 2 aliphatic heterocycles. The minimum absolute atomic E-state index is 0.0198. The van der Waals surface area contributed by atoms with Gasteiger partial charge in [0.05, 0.1) is 43.6 Å². The molecule has 1 saturated heterocycles. The molecule has 194 valence electrons. The molecule has 8 nitrogen and oxygen atoms in total. The number of nitrogens with zero attached hydrogens (tertiary/aromatic N) is 4. The molecule has 1 fully saturated rings. The van der Waals surface area contributed by atoms with Gasteiger partial charge >= 0.3 is 6.18 Å². The number of thiazole rings is 1. The van der Waals surface area contributed by atoms with Crippen molar-refractivity contribution < 1.29 is 18.0 Å². The monoisotopic (exact) mass is 549 g/mol. The van der Waals surface area contributed by atoms with E-state index >= 15 is 0 Å². The first kappa shape index (κ1) is 25.5. The number of carbonyl (C=O) groups excluding carboxylic acids is 1. The lowest BCUT2D eigenvalue weighted by Crippen LogP contribution is -2.36. The van der Waals surface area contributed by atoms with E-state index in [1.807, 2.05) is 4.90 Å². The molecule has 0 atom stereocenters. The van der Waals surface area contributed by atoms with Crippen LogP contribution in [0.15, 0.2) is 42.3 Å². The van der Waals surface area contributed by atoms with Crippen molar-refractivity contribution in [3.8, 4) is 0 Å². The first-order chi connectivity index (χ1) is 17.7. The lowest BCUT2D eigenvalue weighted by Gasteiger charge is -2.20. The number of halogens is 4. The highest BCUT2D eigenvalue weighted by atomic mass is 35.5. The predicted octanol–water partition coefficient (Wildman–Crippen LogP) is 5.19. The smallest absolute Gasteiger partial charge is 0.322 e. The van der Waals surface area contributed by atoms with Gasteiger partial charge in [-0.25, -0.2) is 0 Å². The standard InChI is InChI=1S/C24H23ClF3N7OS/c1-14-20(35-12-19(32-33-35)21-10-29-13-37-21)7-15(9-30-14)23(36)31-17-6-16(11-34-4-2-3-5-34)22(25)18(8-17)24(26,27)28/h6-10,12-13,32-33H,2-5,11H2,1H3,(H,31,36). The molecule has 1 aromatic carbocycles. The number of hydrogen-bond acceptors (Lipinski definition) is 8. The lowest BCUT2D eigenvalue weighted by atomic mass is 10.1. The number of benzene rings is 1. The molecule has 0 radical (unpaired) electrons. The second-order valence-corrected chi connectivity index (χ2v) is 10.0. The second-order valence-electron chi connectivity index (χ2n) is 8.78. The number of pyridine rings is 1. The molecule has 1 amide bonds. The average Bonchev–Trinajstić information content (AvgIpc) is 3.63. The normalized spacial score (nSPS) is 16.1. The fourth-order valence-corrected chi connectivity index (χ4v) is 5.13. The Morgan fingerprint density at radius 3 is 2.70 bits per heavy atom. The van der Waals surface area contributed by atoms with Gasteiger partial charge in [0.15, 0.2) is 0 Å². The van der Waals surface area contributed by atoms with Crippen LogP contribution >= 0.6 is 22.9 Å². The summed E-state index contributed by atoms with van der Waals surface area (Å²) in [5.41, 5.74) is 9.35. The number of carbonyl (C=O) groups is 1. The number of likely N-dealkylation sites (tertiary alicyclic amines) is 1. The number of anilines is 2. The fourth-order valence-electron chi connectivity index (χ4n) is 4.27. The van der Waals surface area contributed by atoms with Crippen molar-refractivity contribution >= 4 is 45.9 Å². The highest BCUT2D eigenvalue weighted by Crippen LogP contribution is 2.39. The zero-order chi connectivity index (χ0) is 26.2. The van der Waals surface area contributed by atoms with Crippen molar-refractivity contribution in [2.75, 3.05) is 23.4 Å². The van der Waals surface area contributed by atoms with Crippen LogP contribution in [0.2, 0.25) is 5.02 Å². The Bertz CT molecular complexity index is 1340. The number of amides is 1. The summed E-state index contributed by atoms with van der Waals surface area (Å²) in [5, 5.41) is 3.93. The number of hydrazine groups is 2. The predicted molar refractivity (Wildman–Crippen MR) is 137 cm³/mol. The Kier molecular flexibility index (Phi) is 7.08. The van der Waals surface area contributed by atoms with E-state index in [4.69, 9.17) is 11.6 Å². The van der Waals surface area contributed by atoms with Crippen LogP contribution < -0.4 is 21.3 Å². The van der Waals surface area contributed by atoms with Gasteiger partial charge in [0.2, 0.25) is 0 Å². The summed E-state index contributed by atoms with van der Waals surface area (Å²) in [7, 11) is 0. The minimum Gasteiger partial charge on any atom is -0.322 e. The fraction of sp³-hybridized carbons (Fsp3) is 0.292. The summed E-state index contributed by atoms with van der Waals surface area (Å²) in [6.45, 7) is 3.66. The van der Waals surface area contributed by atoms with Gasteiger partial charge in [-0.2, -0.15) is 13.2 Å². The molecule has 5 rings (SSSR count). The Labute approximate surface area is 220 Å². The Balaban J connectivity index is 1.40. The van der Waals surface area contributed by atoms with E-state index in [1.54, 1.807) is 35.9 Å². The van der Waals surface area contributed by atoms with Crippen LogP contribution in [-0.4, -0.2) is 33.9 Å². The topological polar surface area (TPSA) is 85.4 Å². The van der Waals surface area contributed by atoms with Gasteiger partial charge in [-0.3, -0.25) is 24.7 Å². The molecule has 13 heteroatoms. The second kappa shape index (κ2) is 10.3. The molecule has 0 saturated carbocycles. The third kappa shape index (κ3) is 5.57. The first-order valence-electron chi connectivity index (χ1n) is 11.5. The van der Waals surface area contributed by atoms with Crippen molar-refractivity contribution in [1.29, 1.82) is 0 Å². The molecule has 2 aromatic heterocycles. The highest BCUT2D eigenvalue weighted by molar-refractivity contribution is 7.10. The maximum atomic E-state index is 13.7. The van der Waals surface area contributed by atoms with Crippen molar-refractivity contribution in [3.63, 3.8) is 0 Å². The summed E-state index contributed by atoms with van der Waals surface area (Å²) in [6.07, 6.45) is 2.24. The number of alkyl halides is 3. The SMILES string of the molecule is Cc1ncc(C(=O)Nc2cc(CN3CCCC3)c(Cl)c(C(F)(F)F)c2)cc1N1C=C(c2cncs2)NN1. The molecule has 0 bridgehead atoms. The third-order valence-corrected chi connectivity index (χ3v) is 7.41. The van der Waals surface area contributed by atoms with E-state index in [2.05, 4.69) is 26.2 Å². The summed E-state index contributed by atoms with van der Waals surface area (Å²) in [4.78, 5) is 24.4. The average molecular weight is 550 g/mol. The number of aromatic nitrogens is 2. The quantitative estimate of drug-likeness (QED) is 0.390. The van der Waals surface area contributed by atoms with Gasteiger partial charge < -0.3 is 10.7 Å². The summed E-state index contributed by atoms with van der Waals surface area (Å²) in [5.74, 6) is -0.588. The van der Waals surface area contributed by atoms with Gasteiger partial charge in [-0.15, -0.1) is 16.9 Å². The Morgan fingerprint density at radius 2 is 2.00 bits per heavy atom. The van der Waals surface area contributed by atoms with Crippen molar-refractivity contribution in [1.82, 2.24) is 25.8 Å². The van der Waals surface area contributed by atoms with Gasteiger partial charge in [-0.1, -0.05) is 11.6 Å². The summed E-state index contributed by atoms with van der Waals surface area (Å²) < 4.78 is 41.2. The van der Waals surface area contributed by atoms with E-state index in [9.17, 15) is 18.0 Å². The van der Waals surface area contributed by atoms with Crippen LogP contribution in [0.5, 0.6) is 0 Å². The van der Waals surface area contributed by atoms with Crippen LogP contribution in [0.4, 0.5) is 24.5 Å². The number of nitrogens with one attached hydrogen (secondary N) is 3.